The van der Waals surface area contributed by atoms with E-state index in [9.17, 15) is 0 Å². The summed E-state index contributed by atoms with van der Waals surface area (Å²) >= 11 is 4.56. The first-order valence-electron chi connectivity index (χ1n) is 5.55. The van der Waals surface area contributed by atoms with Crippen molar-refractivity contribution in [2.45, 2.75) is 63.4 Å². The minimum absolute atomic E-state index is 0.191. The third-order valence-electron chi connectivity index (χ3n) is 3.53. The van der Waals surface area contributed by atoms with E-state index in [1.807, 2.05) is 0 Å². The first-order chi connectivity index (χ1) is 6.04. The quantitative estimate of drug-likeness (QED) is 0.518. The minimum Gasteiger partial charge on any atom is -0.182 e. The van der Waals surface area contributed by atoms with Crippen molar-refractivity contribution in [3.63, 3.8) is 0 Å². The van der Waals surface area contributed by atoms with Gasteiger partial charge in [0.15, 0.2) is 0 Å². The van der Waals surface area contributed by atoms with Crippen LogP contribution in [-0.2, 0) is 0 Å². The Hall–Kier alpha value is 0.415. The molecule has 2 atom stereocenters. The molecule has 0 amide bonds. The average Bonchev–Trinajstić information content (AvgIpc) is 2.03. The zero-order valence-corrected chi connectivity index (χ0v) is 9.87. The molecule has 1 fully saturated rings. The van der Waals surface area contributed by atoms with E-state index in [4.69, 9.17) is 7.85 Å². The molecule has 0 saturated heterocycles. The van der Waals surface area contributed by atoms with E-state index in [1.165, 1.54) is 32.1 Å². The average molecular weight is 196 g/mol. The second-order valence-electron chi connectivity index (χ2n) is 4.74. The summed E-state index contributed by atoms with van der Waals surface area (Å²) in [6.45, 7) is 4.56. The summed E-state index contributed by atoms with van der Waals surface area (Å²) in [6, 6.07) is 0. The van der Waals surface area contributed by atoms with Gasteiger partial charge < -0.3 is 0 Å². The van der Waals surface area contributed by atoms with E-state index in [-0.39, 0.29) is 4.65 Å². The Morgan fingerprint density at radius 2 is 2.00 bits per heavy atom. The van der Waals surface area contributed by atoms with Gasteiger partial charge in [-0.15, -0.1) is 0 Å². The predicted octanol–water partition coefficient (Wildman–Crippen LogP) is 3.55. The van der Waals surface area contributed by atoms with Crippen molar-refractivity contribution in [3.8, 4) is 0 Å². The Morgan fingerprint density at radius 3 is 2.46 bits per heavy atom. The van der Waals surface area contributed by atoms with Crippen molar-refractivity contribution in [3.05, 3.63) is 0 Å². The summed E-state index contributed by atoms with van der Waals surface area (Å²) in [5.74, 6) is 0. The molecule has 0 spiro atoms. The Kier molecular flexibility index (Phi) is 3.79. The molecule has 13 heavy (non-hydrogen) atoms. The van der Waals surface area contributed by atoms with Gasteiger partial charge in [-0.2, -0.15) is 12.6 Å². The molecule has 74 valence electrons. The Bertz CT molecular complexity index is 163. The standard InChI is InChI=1S/C11H21BS/c1-3-6-10(4-2)7-5-8-11(12,13)9-10/h13H,3-9H2,1-2H3. The van der Waals surface area contributed by atoms with E-state index < -0.39 is 0 Å². The van der Waals surface area contributed by atoms with E-state index >= 15 is 0 Å². The lowest BCUT2D eigenvalue weighted by Gasteiger charge is -2.44. The maximum atomic E-state index is 6.12. The van der Waals surface area contributed by atoms with Crippen LogP contribution < -0.4 is 0 Å². The van der Waals surface area contributed by atoms with Gasteiger partial charge >= 0.3 is 0 Å². The summed E-state index contributed by atoms with van der Waals surface area (Å²) in [7, 11) is 6.12. The van der Waals surface area contributed by atoms with Crippen LogP contribution in [0.2, 0.25) is 0 Å². The van der Waals surface area contributed by atoms with Crippen molar-refractivity contribution in [2.75, 3.05) is 0 Å². The summed E-state index contributed by atoms with van der Waals surface area (Å²) in [4.78, 5) is 0. The third-order valence-corrected chi connectivity index (χ3v) is 3.91. The topological polar surface area (TPSA) is 0 Å². The summed E-state index contributed by atoms with van der Waals surface area (Å²) in [5, 5.41) is 0. The number of hydrogen-bond acceptors (Lipinski definition) is 1. The van der Waals surface area contributed by atoms with Gasteiger partial charge in [0.25, 0.3) is 0 Å². The molecule has 0 aromatic heterocycles. The third kappa shape index (κ3) is 2.94. The second kappa shape index (κ2) is 4.29. The van der Waals surface area contributed by atoms with E-state index in [0.29, 0.717) is 5.41 Å². The number of rotatable bonds is 3. The van der Waals surface area contributed by atoms with Gasteiger partial charge in [0.2, 0.25) is 0 Å². The molecule has 1 aliphatic rings. The van der Waals surface area contributed by atoms with Gasteiger partial charge in [0.05, 0.1) is 7.85 Å². The van der Waals surface area contributed by atoms with Gasteiger partial charge in [-0.3, -0.25) is 0 Å². The lowest BCUT2D eigenvalue weighted by atomic mass is 9.60. The molecule has 0 aromatic rings. The van der Waals surface area contributed by atoms with Gasteiger partial charge in [-0.1, -0.05) is 33.1 Å². The first kappa shape index (κ1) is 11.5. The molecular weight excluding hydrogens is 175 g/mol. The normalized spacial score (nSPS) is 40.5. The van der Waals surface area contributed by atoms with Crippen LogP contribution in [-0.4, -0.2) is 12.5 Å². The zero-order chi connectivity index (χ0) is 9.95. The monoisotopic (exact) mass is 196 g/mol. The number of hydrogen-bond donors (Lipinski definition) is 1. The van der Waals surface area contributed by atoms with Gasteiger partial charge in [0, 0.05) is 0 Å². The fourth-order valence-corrected chi connectivity index (χ4v) is 3.31. The van der Waals surface area contributed by atoms with Crippen molar-refractivity contribution >= 4 is 20.5 Å². The molecule has 0 bridgehead atoms. The molecule has 0 N–H and O–H groups in total. The maximum Gasteiger partial charge on any atom is 0.0890 e. The smallest absolute Gasteiger partial charge is 0.0890 e. The first-order valence-corrected chi connectivity index (χ1v) is 6.00. The maximum absolute atomic E-state index is 6.12. The molecular formula is C11H21BS. The minimum atomic E-state index is -0.191. The molecule has 1 saturated carbocycles. The summed E-state index contributed by atoms with van der Waals surface area (Å²) in [6.07, 6.45) is 8.67. The zero-order valence-electron chi connectivity index (χ0n) is 8.97. The lowest BCUT2D eigenvalue weighted by molar-refractivity contribution is 0.158. The highest BCUT2D eigenvalue weighted by atomic mass is 32.1. The lowest BCUT2D eigenvalue weighted by Crippen LogP contribution is -2.37. The van der Waals surface area contributed by atoms with E-state index in [0.717, 1.165) is 12.8 Å². The van der Waals surface area contributed by atoms with Crippen molar-refractivity contribution in [1.29, 1.82) is 0 Å². The summed E-state index contributed by atoms with van der Waals surface area (Å²) in [5.41, 5.74) is 0.503. The van der Waals surface area contributed by atoms with Crippen molar-refractivity contribution in [1.82, 2.24) is 0 Å². The fraction of sp³-hybridized carbons (Fsp3) is 1.00. The SMILES string of the molecule is [B]C1(S)CCCC(CC)(CCC)C1. The molecule has 2 heteroatoms. The molecule has 2 radical (unpaired) electrons. The molecule has 1 rings (SSSR count). The van der Waals surface area contributed by atoms with Crippen LogP contribution in [0.1, 0.15) is 58.8 Å². The van der Waals surface area contributed by atoms with Gasteiger partial charge in [0.1, 0.15) is 0 Å². The van der Waals surface area contributed by atoms with Crippen LogP contribution in [0.15, 0.2) is 0 Å². The van der Waals surface area contributed by atoms with Crippen LogP contribution in [0.3, 0.4) is 0 Å². The molecule has 0 nitrogen and oxygen atoms in total. The highest BCUT2D eigenvalue weighted by Gasteiger charge is 2.37. The van der Waals surface area contributed by atoms with E-state index in [1.54, 1.807) is 0 Å². The Morgan fingerprint density at radius 1 is 1.31 bits per heavy atom. The Balaban J connectivity index is 2.64. The molecule has 0 aromatic carbocycles. The van der Waals surface area contributed by atoms with Crippen molar-refractivity contribution in [2.24, 2.45) is 5.41 Å². The molecule has 2 unspecified atom stereocenters. The predicted molar refractivity (Wildman–Crippen MR) is 63.6 cm³/mol. The Labute approximate surface area is 89.7 Å². The van der Waals surface area contributed by atoms with Crippen LogP contribution in [0, 0.1) is 5.41 Å². The van der Waals surface area contributed by atoms with Crippen LogP contribution in [0.5, 0.6) is 0 Å². The molecule has 0 aliphatic heterocycles. The number of thiol groups is 1. The van der Waals surface area contributed by atoms with Gasteiger partial charge in [-0.05, 0) is 35.7 Å². The highest BCUT2D eigenvalue weighted by Crippen LogP contribution is 2.48. The molecule has 0 heterocycles. The van der Waals surface area contributed by atoms with Crippen LogP contribution >= 0.6 is 12.6 Å². The molecule has 1 aliphatic carbocycles. The largest absolute Gasteiger partial charge is 0.182 e. The van der Waals surface area contributed by atoms with Crippen LogP contribution in [0.4, 0.5) is 0 Å². The van der Waals surface area contributed by atoms with Crippen molar-refractivity contribution < 1.29 is 0 Å². The van der Waals surface area contributed by atoms with Crippen LogP contribution in [0.25, 0.3) is 0 Å². The fourth-order valence-electron chi connectivity index (χ4n) is 2.82. The second-order valence-corrected chi connectivity index (χ2v) is 5.63. The van der Waals surface area contributed by atoms with E-state index in [2.05, 4.69) is 26.5 Å². The highest BCUT2D eigenvalue weighted by molar-refractivity contribution is 7.83. The van der Waals surface area contributed by atoms with Gasteiger partial charge in [-0.25, -0.2) is 0 Å². The summed E-state index contributed by atoms with van der Waals surface area (Å²) < 4.78 is -0.191.